The van der Waals surface area contributed by atoms with Crippen molar-refractivity contribution in [1.82, 2.24) is 24.7 Å². The van der Waals surface area contributed by atoms with E-state index in [1.807, 2.05) is 44.2 Å². The molecule has 0 atom stereocenters. The normalized spacial score (nSPS) is 11.1. The summed E-state index contributed by atoms with van der Waals surface area (Å²) in [6, 6.07) is 9.44. The first kappa shape index (κ1) is 18.2. The molecule has 4 aromatic heterocycles. The van der Waals surface area contributed by atoms with Crippen molar-refractivity contribution in [3.63, 3.8) is 0 Å². The maximum atomic E-state index is 12.8. The number of aromatic amines is 1. The molecule has 0 saturated heterocycles. The fourth-order valence-electron chi connectivity index (χ4n) is 3.04. The van der Waals surface area contributed by atoms with Gasteiger partial charge in [-0.1, -0.05) is 11.8 Å². The molecule has 7 nitrogen and oxygen atoms in total. The monoisotopic (exact) mass is 393 g/mol. The van der Waals surface area contributed by atoms with E-state index in [1.165, 1.54) is 11.8 Å². The second-order valence-corrected chi connectivity index (χ2v) is 7.31. The first-order valence-corrected chi connectivity index (χ1v) is 9.78. The van der Waals surface area contributed by atoms with E-state index in [0.29, 0.717) is 17.5 Å². The van der Waals surface area contributed by atoms with Crippen molar-refractivity contribution in [2.45, 2.75) is 25.5 Å². The van der Waals surface area contributed by atoms with E-state index in [-0.39, 0.29) is 11.5 Å². The van der Waals surface area contributed by atoms with Gasteiger partial charge in [0.15, 0.2) is 11.6 Å². The number of carbonyl (C=O) groups excluding carboxylic acids is 1. The average Bonchev–Trinajstić information content (AvgIpc) is 3.45. The summed E-state index contributed by atoms with van der Waals surface area (Å²) in [7, 11) is 0. The summed E-state index contributed by atoms with van der Waals surface area (Å²) in [4.78, 5) is 21.2. The quantitative estimate of drug-likeness (QED) is 0.378. The van der Waals surface area contributed by atoms with Gasteiger partial charge in [0.1, 0.15) is 5.76 Å². The van der Waals surface area contributed by atoms with Gasteiger partial charge in [-0.3, -0.25) is 14.9 Å². The summed E-state index contributed by atoms with van der Waals surface area (Å²) in [5, 5.41) is 7.64. The van der Waals surface area contributed by atoms with Crippen LogP contribution >= 0.6 is 11.8 Å². The number of aromatic nitrogens is 5. The molecule has 0 saturated carbocycles. The SMILES string of the molecule is Cc1cc(C(=O)CSc2n[nH]c(-c3ccncc3)n2)c(C)n1Cc1ccco1. The lowest BCUT2D eigenvalue weighted by Gasteiger charge is -2.07. The molecule has 0 radical (unpaired) electrons. The lowest BCUT2D eigenvalue weighted by molar-refractivity contribution is 0.102. The van der Waals surface area contributed by atoms with Gasteiger partial charge in [0.05, 0.1) is 18.6 Å². The molecule has 0 aliphatic carbocycles. The number of carbonyl (C=O) groups is 1. The molecule has 0 unspecified atom stereocenters. The summed E-state index contributed by atoms with van der Waals surface area (Å²) in [5.41, 5.74) is 3.59. The minimum Gasteiger partial charge on any atom is -0.467 e. The lowest BCUT2D eigenvalue weighted by atomic mass is 10.2. The van der Waals surface area contributed by atoms with Crippen LogP contribution in [0.15, 0.2) is 58.6 Å². The smallest absolute Gasteiger partial charge is 0.209 e. The summed E-state index contributed by atoms with van der Waals surface area (Å²) < 4.78 is 7.52. The van der Waals surface area contributed by atoms with Crippen molar-refractivity contribution in [3.8, 4) is 11.4 Å². The Kier molecular flexibility index (Phi) is 5.12. The highest BCUT2D eigenvalue weighted by Crippen LogP contribution is 2.22. The second-order valence-electron chi connectivity index (χ2n) is 6.36. The van der Waals surface area contributed by atoms with E-state index < -0.39 is 0 Å². The summed E-state index contributed by atoms with van der Waals surface area (Å²) in [6.07, 6.45) is 5.06. The number of rotatable bonds is 7. The molecule has 0 bridgehead atoms. The maximum Gasteiger partial charge on any atom is 0.209 e. The van der Waals surface area contributed by atoms with E-state index >= 15 is 0 Å². The minimum absolute atomic E-state index is 0.0547. The molecule has 4 heterocycles. The third-order valence-corrected chi connectivity index (χ3v) is 5.37. The van der Waals surface area contributed by atoms with Gasteiger partial charge in [-0.25, -0.2) is 4.98 Å². The van der Waals surface area contributed by atoms with Crippen LogP contribution in [-0.4, -0.2) is 36.3 Å². The predicted octanol–water partition coefficient (Wildman–Crippen LogP) is 3.90. The van der Waals surface area contributed by atoms with E-state index in [2.05, 4.69) is 24.7 Å². The fraction of sp³-hybridized carbons (Fsp3) is 0.200. The Morgan fingerprint density at radius 1 is 1.25 bits per heavy atom. The van der Waals surface area contributed by atoms with Gasteiger partial charge in [0.2, 0.25) is 5.16 Å². The highest BCUT2D eigenvalue weighted by Gasteiger charge is 2.17. The molecule has 0 aliphatic heterocycles. The number of thioether (sulfide) groups is 1. The Bertz CT molecular complexity index is 1080. The van der Waals surface area contributed by atoms with Crippen LogP contribution in [0.4, 0.5) is 0 Å². The topological polar surface area (TPSA) is 89.6 Å². The molecular formula is C20H19N5O2S. The average molecular weight is 393 g/mol. The van der Waals surface area contributed by atoms with E-state index in [0.717, 1.165) is 28.3 Å². The highest BCUT2D eigenvalue weighted by molar-refractivity contribution is 7.99. The van der Waals surface area contributed by atoms with Gasteiger partial charge in [-0.05, 0) is 44.2 Å². The first-order chi connectivity index (χ1) is 13.6. The van der Waals surface area contributed by atoms with Crippen molar-refractivity contribution in [3.05, 3.63) is 71.7 Å². The van der Waals surface area contributed by atoms with Gasteiger partial charge >= 0.3 is 0 Å². The molecule has 0 spiro atoms. The van der Waals surface area contributed by atoms with Crippen LogP contribution in [0.5, 0.6) is 0 Å². The number of hydrogen-bond donors (Lipinski definition) is 1. The zero-order valence-electron chi connectivity index (χ0n) is 15.5. The number of H-pyrrole nitrogens is 1. The van der Waals surface area contributed by atoms with Gasteiger partial charge in [-0.2, -0.15) is 0 Å². The Morgan fingerprint density at radius 2 is 2.07 bits per heavy atom. The predicted molar refractivity (Wildman–Crippen MR) is 106 cm³/mol. The van der Waals surface area contributed by atoms with Crippen LogP contribution in [0.25, 0.3) is 11.4 Å². The Balaban J connectivity index is 1.44. The molecule has 0 aromatic carbocycles. The van der Waals surface area contributed by atoms with Crippen LogP contribution in [0.2, 0.25) is 0 Å². The number of ketones is 1. The largest absolute Gasteiger partial charge is 0.467 e. The molecule has 4 rings (SSSR count). The van der Waals surface area contributed by atoms with Gasteiger partial charge < -0.3 is 8.98 Å². The van der Waals surface area contributed by atoms with Crippen molar-refractivity contribution >= 4 is 17.5 Å². The summed E-state index contributed by atoms with van der Waals surface area (Å²) in [5.74, 6) is 1.85. The molecule has 142 valence electrons. The number of furan rings is 1. The zero-order chi connectivity index (χ0) is 19.5. The van der Waals surface area contributed by atoms with Gasteiger partial charge in [0.25, 0.3) is 0 Å². The number of pyridine rings is 1. The van der Waals surface area contributed by atoms with Gasteiger partial charge in [-0.15, -0.1) is 5.10 Å². The standard InChI is InChI=1S/C20H19N5O2S/c1-13-10-17(14(2)25(13)11-16-4-3-9-27-16)18(26)12-28-20-22-19(23-24-20)15-5-7-21-8-6-15/h3-10H,11-12H2,1-2H3,(H,22,23,24). The Morgan fingerprint density at radius 3 is 2.82 bits per heavy atom. The third kappa shape index (κ3) is 3.77. The van der Waals surface area contributed by atoms with Crippen LogP contribution < -0.4 is 0 Å². The Labute approximate surface area is 166 Å². The first-order valence-electron chi connectivity index (χ1n) is 8.79. The number of aryl methyl sites for hydroxylation is 1. The molecular weight excluding hydrogens is 374 g/mol. The van der Waals surface area contributed by atoms with E-state index in [1.54, 1.807) is 18.7 Å². The van der Waals surface area contributed by atoms with Crippen molar-refractivity contribution in [1.29, 1.82) is 0 Å². The molecule has 28 heavy (non-hydrogen) atoms. The molecule has 0 amide bonds. The minimum atomic E-state index is 0.0547. The van der Waals surface area contributed by atoms with Gasteiger partial charge in [0, 0.05) is 34.9 Å². The molecule has 0 aliphatic rings. The summed E-state index contributed by atoms with van der Waals surface area (Å²) >= 11 is 1.32. The second kappa shape index (κ2) is 7.85. The van der Waals surface area contributed by atoms with E-state index in [4.69, 9.17) is 4.42 Å². The molecule has 0 fully saturated rings. The number of nitrogens with one attached hydrogen (secondary N) is 1. The van der Waals surface area contributed by atoms with Crippen LogP contribution in [-0.2, 0) is 6.54 Å². The maximum absolute atomic E-state index is 12.8. The van der Waals surface area contributed by atoms with Crippen molar-refractivity contribution in [2.24, 2.45) is 0 Å². The fourth-order valence-corrected chi connectivity index (χ4v) is 3.72. The van der Waals surface area contributed by atoms with Crippen LogP contribution in [0.3, 0.4) is 0 Å². The Hall–Kier alpha value is -3.13. The van der Waals surface area contributed by atoms with Crippen molar-refractivity contribution < 1.29 is 9.21 Å². The molecule has 4 aromatic rings. The lowest BCUT2D eigenvalue weighted by Crippen LogP contribution is -2.07. The van der Waals surface area contributed by atoms with Crippen LogP contribution in [0.1, 0.15) is 27.5 Å². The number of hydrogen-bond acceptors (Lipinski definition) is 6. The third-order valence-electron chi connectivity index (χ3n) is 4.52. The molecule has 8 heteroatoms. The highest BCUT2D eigenvalue weighted by atomic mass is 32.2. The number of Topliss-reactive ketones (excluding diaryl/α,β-unsaturated/α-hetero) is 1. The molecule has 1 N–H and O–H groups in total. The van der Waals surface area contributed by atoms with E-state index in [9.17, 15) is 4.79 Å². The summed E-state index contributed by atoms with van der Waals surface area (Å²) in [6.45, 7) is 4.57. The van der Waals surface area contributed by atoms with Crippen molar-refractivity contribution in [2.75, 3.05) is 5.75 Å². The number of nitrogens with zero attached hydrogens (tertiary/aromatic N) is 4. The zero-order valence-corrected chi connectivity index (χ0v) is 16.4. The van der Waals surface area contributed by atoms with Crippen LogP contribution in [0, 0.1) is 13.8 Å².